The molecule has 2 aliphatic heterocycles. The summed E-state index contributed by atoms with van der Waals surface area (Å²) in [5.74, 6) is 0.215. The molecule has 7 heteroatoms. The summed E-state index contributed by atoms with van der Waals surface area (Å²) in [4.78, 5) is 16.5. The maximum atomic E-state index is 13.3. The number of nitrogens with one attached hydrogen (secondary N) is 3. The Labute approximate surface area is 144 Å². The molecule has 130 valence electrons. The van der Waals surface area contributed by atoms with E-state index in [1.165, 1.54) is 12.1 Å². The van der Waals surface area contributed by atoms with Crippen LogP contribution in [0, 0.1) is 11.7 Å². The van der Waals surface area contributed by atoms with E-state index in [1.54, 1.807) is 25.4 Å². The zero-order valence-electron chi connectivity index (χ0n) is 13.7. The highest BCUT2D eigenvalue weighted by Gasteiger charge is 2.47. The van der Waals surface area contributed by atoms with E-state index in [0.29, 0.717) is 12.3 Å². The molecule has 1 aromatic heterocycles. The van der Waals surface area contributed by atoms with Gasteiger partial charge < -0.3 is 10.1 Å². The number of aromatic nitrogens is 1. The second-order valence-electron chi connectivity index (χ2n) is 6.35. The number of carbonyl (C=O) groups is 1. The quantitative estimate of drug-likeness (QED) is 0.790. The number of halogens is 1. The van der Waals surface area contributed by atoms with Crippen molar-refractivity contribution in [1.82, 2.24) is 21.2 Å². The van der Waals surface area contributed by atoms with Crippen LogP contribution in [0.4, 0.5) is 4.39 Å². The SMILES string of the molecule is COc1ncccc1C1CC(=O)NC2NNC(c3ccc(F)cc3)C21. The lowest BCUT2D eigenvalue weighted by atomic mass is 9.74. The van der Waals surface area contributed by atoms with Gasteiger partial charge in [0.1, 0.15) is 5.82 Å². The fraction of sp³-hybridized carbons (Fsp3) is 0.333. The number of rotatable bonds is 3. The molecule has 4 atom stereocenters. The van der Waals surface area contributed by atoms with Crippen molar-refractivity contribution in [3.8, 4) is 5.88 Å². The minimum Gasteiger partial charge on any atom is -0.481 e. The van der Waals surface area contributed by atoms with Gasteiger partial charge in [-0.05, 0) is 23.8 Å². The molecule has 0 aliphatic carbocycles. The number of carbonyl (C=O) groups excluding carboxylic acids is 1. The third-order valence-electron chi connectivity index (χ3n) is 4.97. The highest BCUT2D eigenvalue weighted by atomic mass is 19.1. The van der Waals surface area contributed by atoms with Gasteiger partial charge in [-0.3, -0.25) is 4.79 Å². The number of hydrazine groups is 1. The van der Waals surface area contributed by atoms with Crippen molar-refractivity contribution >= 4 is 5.91 Å². The standard InChI is InChI=1S/C18H19FN4O2/c1-25-18-12(3-2-8-20-18)13-9-14(24)21-17-15(13)16(22-23-17)10-4-6-11(19)7-5-10/h2-8,13,15-17,22-23H,9H2,1H3,(H,21,24). The molecule has 2 fully saturated rings. The number of amides is 1. The smallest absolute Gasteiger partial charge is 0.221 e. The number of pyridine rings is 1. The van der Waals surface area contributed by atoms with Crippen LogP contribution in [0.2, 0.25) is 0 Å². The van der Waals surface area contributed by atoms with E-state index < -0.39 is 0 Å². The third kappa shape index (κ3) is 2.85. The molecule has 3 N–H and O–H groups in total. The average Bonchev–Trinajstić information content (AvgIpc) is 3.05. The summed E-state index contributed by atoms with van der Waals surface area (Å²) >= 11 is 0. The van der Waals surface area contributed by atoms with Gasteiger partial charge in [0.15, 0.2) is 0 Å². The van der Waals surface area contributed by atoms with E-state index in [2.05, 4.69) is 21.2 Å². The zero-order valence-corrected chi connectivity index (χ0v) is 13.7. The fourth-order valence-corrected chi connectivity index (χ4v) is 3.88. The van der Waals surface area contributed by atoms with Crippen molar-refractivity contribution < 1.29 is 13.9 Å². The average molecular weight is 342 g/mol. The second-order valence-corrected chi connectivity index (χ2v) is 6.35. The molecular weight excluding hydrogens is 323 g/mol. The first kappa shape index (κ1) is 16.0. The molecule has 6 nitrogen and oxygen atoms in total. The molecule has 2 aliphatic rings. The predicted octanol–water partition coefficient (Wildman–Crippen LogP) is 1.62. The summed E-state index contributed by atoms with van der Waals surface area (Å²) in [6.07, 6.45) is 1.81. The van der Waals surface area contributed by atoms with Crippen LogP contribution in [0.3, 0.4) is 0 Å². The Morgan fingerprint density at radius 2 is 2.00 bits per heavy atom. The second kappa shape index (κ2) is 6.42. The molecule has 0 bridgehead atoms. The van der Waals surface area contributed by atoms with Crippen molar-refractivity contribution in [3.63, 3.8) is 0 Å². The van der Waals surface area contributed by atoms with E-state index in [4.69, 9.17) is 4.74 Å². The van der Waals surface area contributed by atoms with Crippen molar-refractivity contribution in [3.05, 3.63) is 59.5 Å². The number of nitrogens with zero attached hydrogens (tertiary/aromatic N) is 1. The van der Waals surface area contributed by atoms with Gasteiger partial charge in [0.25, 0.3) is 0 Å². The van der Waals surface area contributed by atoms with E-state index in [0.717, 1.165) is 11.1 Å². The molecule has 25 heavy (non-hydrogen) atoms. The lowest BCUT2D eigenvalue weighted by Crippen LogP contribution is -2.52. The van der Waals surface area contributed by atoms with Gasteiger partial charge in [-0.15, -0.1) is 0 Å². The van der Waals surface area contributed by atoms with Gasteiger partial charge in [0, 0.05) is 30.0 Å². The Morgan fingerprint density at radius 3 is 2.76 bits per heavy atom. The van der Waals surface area contributed by atoms with Crippen LogP contribution in [0.1, 0.15) is 29.5 Å². The van der Waals surface area contributed by atoms with Crippen molar-refractivity contribution in [2.75, 3.05) is 7.11 Å². The van der Waals surface area contributed by atoms with Gasteiger partial charge in [0.05, 0.1) is 19.3 Å². The first-order chi connectivity index (χ1) is 12.2. The minimum atomic E-state index is -0.270. The van der Waals surface area contributed by atoms with E-state index in [9.17, 15) is 9.18 Å². The number of methoxy groups -OCH3 is 1. The zero-order chi connectivity index (χ0) is 17.4. The van der Waals surface area contributed by atoms with Gasteiger partial charge in [-0.25, -0.2) is 20.2 Å². The molecule has 1 aromatic carbocycles. The van der Waals surface area contributed by atoms with Crippen LogP contribution in [0.25, 0.3) is 0 Å². The molecule has 2 saturated heterocycles. The highest BCUT2D eigenvalue weighted by Crippen LogP contribution is 2.44. The van der Waals surface area contributed by atoms with Crippen LogP contribution in [0.15, 0.2) is 42.6 Å². The summed E-state index contributed by atoms with van der Waals surface area (Å²) in [6.45, 7) is 0. The monoisotopic (exact) mass is 342 g/mol. The van der Waals surface area contributed by atoms with Crippen molar-refractivity contribution in [1.29, 1.82) is 0 Å². The van der Waals surface area contributed by atoms with Crippen LogP contribution < -0.4 is 20.9 Å². The Kier molecular flexibility index (Phi) is 4.10. The van der Waals surface area contributed by atoms with Gasteiger partial charge in [0.2, 0.25) is 11.8 Å². The van der Waals surface area contributed by atoms with Crippen LogP contribution in [-0.4, -0.2) is 24.2 Å². The molecule has 0 radical (unpaired) electrons. The minimum absolute atomic E-state index is 0.0220. The van der Waals surface area contributed by atoms with Crippen molar-refractivity contribution in [2.45, 2.75) is 24.5 Å². The molecule has 0 saturated carbocycles. The maximum absolute atomic E-state index is 13.3. The Balaban J connectivity index is 1.74. The maximum Gasteiger partial charge on any atom is 0.221 e. The highest BCUT2D eigenvalue weighted by molar-refractivity contribution is 5.78. The summed E-state index contributed by atoms with van der Waals surface area (Å²) < 4.78 is 18.7. The van der Waals surface area contributed by atoms with Crippen LogP contribution in [-0.2, 0) is 4.79 Å². The van der Waals surface area contributed by atoms with Crippen molar-refractivity contribution in [2.24, 2.45) is 5.92 Å². The van der Waals surface area contributed by atoms with Crippen LogP contribution in [0.5, 0.6) is 5.88 Å². The van der Waals surface area contributed by atoms with E-state index in [-0.39, 0.29) is 35.8 Å². The summed E-state index contributed by atoms with van der Waals surface area (Å²) in [5, 5.41) is 2.98. The van der Waals surface area contributed by atoms with Crippen LogP contribution >= 0.6 is 0 Å². The first-order valence-electron chi connectivity index (χ1n) is 8.22. The molecule has 3 heterocycles. The summed E-state index contributed by atoms with van der Waals surface area (Å²) in [6, 6.07) is 10.2. The number of hydrogen-bond acceptors (Lipinski definition) is 5. The number of fused-ring (bicyclic) bond motifs is 1. The fourth-order valence-electron chi connectivity index (χ4n) is 3.88. The molecule has 2 aromatic rings. The Morgan fingerprint density at radius 1 is 1.20 bits per heavy atom. The number of benzene rings is 1. The Hall–Kier alpha value is -2.51. The van der Waals surface area contributed by atoms with Gasteiger partial charge in [-0.2, -0.15) is 0 Å². The molecular formula is C18H19FN4O2. The Bertz CT molecular complexity index is 783. The molecule has 1 amide bonds. The molecule has 4 unspecified atom stereocenters. The first-order valence-corrected chi connectivity index (χ1v) is 8.22. The molecule has 0 spiro atoms. The molecule has 4 rings (SSSR count). The summed E-state index contributed by atoms with van der Waals surface area (Å²) in [5.41, 5.74) is 8.27. The number of hydrogen-bond donors (Lipinski definition) is 3. The van der Waals surface area contributed by atoms with Gasteiger partial charge in [-0.1, -0.05) is 18.2 Å². The normalized spacial score (nSPS) is 28.3. The van der Waals surface area contributed by atoms with E-state index in [1.807, 2.05) is 12.1 Å². The largest absolute Gasteiger partial charge is 0.481 e. The van der Waals surface area contributed by atoms with E-state index >= 15 is 0 Å². The lowest BCUT2D eigenvalue weighted by Gasteiger charge is -2.36. The third-order valence-corrected chi connectivity index (χ3v) is 4.97. The number of ether oxygens (including phenoxy) is 1. The van der Waals surface area contributed by atoms with Gasteiger partial charge >= 0.3 is 0 Å². The lowest BCUT2D eigenvalue weighted by molar-refractivity contribution is -0.125. The topological polar surface area (TPSA) is 75.3 Å². The number of piperidine rings is 1. The predicted molar refractivity (Wildman–Crippen MR) is 89.0 cm³/mol. The summed E-state index contributed by atoms with van der Waals surface area (Å²) in [7, 11) is 1.58.